The first-order chi connectivity index (χ1) is 14.5. The number of rotatable bonds is 6. The topological polar surface area (TPSA) is 97.6 Å². The molecule has 1 saturated heterocycles. The molecule has 154 valence electrons. The molecular weight excluding hydrogens is 408 g/mol. The molecule has 3 aromatic rings. The summed E-state index contributed by atoms with van der Waals surface area (Å²) in [7, 11) is 0. The maximum absolute atomic E-state index is 12.4. The van der Waals surface area contributed by atoms with E-state index in [4.69, 9.17) is 20.8 Å². The molecule has 1 atom stereocenters. The van der Waals surface area contributed by atoms with Crippen LogP contribution in [0.2, 0.25) is 5.02 Å². The van der Waals surface area contributed by atoms with Crippen LogP contribution in [-0.2, 0) is 9.59 Å². The molecule has 0 saturated carbocycles. The number of hydrogen-bond acceptors (Lipinski definition) is 6. The van der Waals surface area contributed by atoms with Crippen LogP contribution in [-0.4, -0.2) is 35.2 Å². The van der Waals surface area contributed by atoms with E-state index in [0.717, 1.165) is 11.3 Å². The predicted molar refractivity (Wildman–Crippen MR) is 111 cm³/mol. The van der Waals surface area contributed by atoms with Crippen molar-refractivity contribution in [1.29, 1.82) is 0 Å². The number of amides is 2. The second-order valence-corrected chi connectivity index (χ2v) is 7.41. The first-order valence-corrected chi connectivity index (χ1v) is 9.74. The van der Waals surface area contributed by atoms with Crippen LogP contribution in [0.1, 0.15) is 23.8 Å². The highest BCUT2D eigenvalue weighted by Crippen LogP contribution is 2.32. The summed E-state index contributed by atoms with van der Waals surface area (Å²) in [4.78, 5) is 26.1. The van der Waals surface area contributed by atoms with Gasteiger partial charge in [0.05, 0.1) is 5.92 Å². The average Bonchev–Trinajstić information content (AvgIpc) is 3.35. The van der Waals surface area contributed by atoms with Gasteiger partial charge in [-0.15, -0.1) is 5.10 Å². The van der Waals surface area contributed by atoms with Gasteiger partial charge in [-0.25, -0.2) is 0 Å². The molecule has 1 N–H and O–H groups in total. The Hall–Kier alpha value is -3.39. The molecule has 0 spiro atoms. The van der Waals surface area contributed by atoms with Gasteiger partial charge in [-0.05, 0) is 43.3 Å². The fraction of sp³-hybridized carbons (Fsp3) is 0.238. The number of ether oxygens (including phenoxy) is 1. The second kappa shape index (κ2) is 8.54. The van der Waals surface area contributed by atoms with Gasteiger partial charge in [0.25, 0.3) is 5.91 Å². The van der Waals surface area contributed by atoms with Crippen molar-refractivity contribution < 1.29 is 18.7 Å². The molecule has 30 heavy (non-hydrogen) atoms. The summed E-state index contributed by atoms with van der Waals surface area (Å²) in [5, 5.41) is 10.9. The lowest BCUT2D eigenvalue weighted by atomic mass is 10.1. The molecule has 1 aliphatic rings. The number of carbonyl (C=O) groups excluding carboxylic acids is 2. The normalized spacial score (nSPS) is 16.0. The molecule has 0 radical (unpaired) electrons. The van der Waals surface area contributed by atoms with Crippen molar-refractivity contribution in [2.45, 2.75) is 19.3 Å². The van der Waals surface area contributed by atoms with Crippen LogP contribution in [0.3, 0.4) is 0 Å². The first kappa shape index (κ1) is 19.9. The molecule has 1 aromatic heterocycles. The van der Waals surface area contributed by atoms with Crippen LogP contribution in [0.5, 0.6) is 5.75 Å². The third-order valence-corrected chi connectivity index (χ3v) is 4.94. The number of aromatic nitrogens is 2. The standard InChI is InChI=1S/C21H19ClN4O4/c1-13-2-8-17(9-3-13)29-12-18(27)23-21-25-24-20(30-21)14-10-19(28)26(11-14)16-6-4-15(22)5-7-16/h2-9,14H,10-12H2,1H3,(H,23,25,27)/t14-/m0/s1. The molecule has 2 amide bonds. The molecule has 8 nitrogen and oxygen atoms in total. The van der Waals surface area contributed by atoms with Gasteiger partial charge >= 0.3 is 6.01 Å². The maximum Gasteiger partial charge on any atom is 0.322 e. The summed E-state index contributed by atoms with van der Waals surface area (Å²) < 4.78 is 11.0. The number of carbonyl (C=O) groups is 2. The largest absolute Gasteiger partial charge is 0.484 e. The molecule has 1 aliphatic heterocycles. The molecule has 0 aliphatic carbocycles. The summed E-state index contributed by atoms with van der Waals surface area (Å²) in [5.41, 5.74) is 1.86. The van der Waals surface area contributed by atoms with E-state index in [1.54, 1.807) is 41.3 Å². The summed E-state index contributed by atoms with van der Waals surface area (Å²) in [5.74, 6) is 0.173. The van der Waals surface area contributed by atoms with Gasteiger partial charge < -0.3 is 14.1 Å². The molecular formula is C21H19ClN4O4. The van der Waals surface area contributed by atoms with Gasteiger partial charge in [-0.1, -0.05) is 34.4 Å². The predicted octanol–water partition coefficient (Wildman–Crippen LogP) is 3.57. The minimum atomic E-state index is -0.420. The number of aryl methyl sites for hydroxylation is 1. The SMILES string of the molecule is Cc1ccc(OCC(=O)Nc2nnc([C@H]3CC(=O)N(c4ccc(Cl)cc4)C3)o2)cc1. The summed E-state index contributed by atoms with van der Waals surface area (Å²) in [6, 6.07) is 14.4. The lowest BCUT2D eigenvalue weighted by molar-refractivity contribution is -0.118. The van der Waals surface area contributed by atoms with Crippen LogP contribution >= 0.6 is 11.6 Å². The number of hydrogen-bond donors (Lipinski definition) is 1. The fourth-order valence-corrected chi connectivity index (χ4v) is 3.26. The Morgan fingerprint density at radius 3 is 2.67 bits per heavy atom. The van der Waals surface area contributed by atoms with Crippen LogP contribution in [0, 0.1) is 6.92 Å². The second-order valence-electron chi connectivity index (χ2n) is 6.98. The Bertz CT molecular complexity index is 1050. The van der Waals surface area contributed by atoms with Crippen molar-refractivity contribution >= 4 is 35.1 Å². The number of halogens is 1. The lowest BCUT2D eigenvalue weighted by Gasteiger charge is -2.16. The van der Waals surface area contributed by atoms with E-state index in [-0.39, 0.29) is 30.9 Å². The fourth-order valence-electron chi connectivity index (χ4n) is 3.13. The van der Waals surface area contributed by atoms with Crippen molar-refractivity contribution in [1.82, 2.24) is 10.2 Å². The highest BCUT2D eigenvalue weighted by molar-refractivity contribution is 6.30. The van der Waals surface area contributed by atoms with E-state index in [1.165, 1.54) is 0 Å². The first-order valence-electron chi connectivity index (χ1n) is 9.36. The highest BCUT2D eigenvalue weighted by atomic mass is 35.5. The Labute approximate surface area is 177 Å². The van der Waals surface area contributed by atoms with Gasteiger partial charge in [-0.2, -0.15) is 0 Å². The molecule has 0 bridgehead atoms. The van der Waals surface area contributed by atoms with E-state index in [2.05, 4.69) is 15.5 Å². The van der Waals surface area contributed by atoms with Crippen molar-refractivity contribution in [2.24, 2.45) is 0 Å². The maximum atomic E-state index is 12.4. The Morgan fingerprint density at radius 1 is 1.20 bits per heavy atom. The monoisotopic (exact) mass is 426 g/mol. The smallest absolute Gasteiger partial charge is 0.322 e. The zero-order valence-electron chi connectivity index (χ0n) is 16.2. The van der Waals surface area contributed by atoms with E-state index in [9.17, 15) is 9.59 Å². The van der Waals surface area contributed by atoms with E-state index >= 15 is 0 Å². The van der Waals surface area contributed by atoms with Crippen LogP contribution in [0.4, 0.5) is 11.7 Å². The van der Waals surface area contributed by atoms with E-state index in [0.29, 0.717) is 23.2 Å². The Kier molecular flexibility index (Phi) is 5.67. The summed E-state index contributed by atoms with van der Waals surface area (Å²) in [6.07, 6.45) is 0.245. The van der Waals surface area contributed by atoms with E-state index < -0.39 is 5.91 Å². The average molecular weight is 427 g/mol. The summed E-state index contributed by atoms with van der Waals surface area (Å²) >= 11 is 5.91. The lowest BCUT2D eigenvalue weighted by Crippen LogP contribution is -2.24. The van der Waals surface area contributed by atoms with Crippen molar-refractivity contribution in [3.05, 3.63) is 65.0 Å². The quantitative estimate of drug-likeness (QED) is 0.647. The third-order valence-electron chi connectivity index (χ3n) is 4.69. The number of benzene rings is 2. The van der Waals surface area contributed by atoms with E-state index in [1.807, 2.05) is 19.1 Å². The molecule has 9 heteroatoms. The van der Waals surface area contributed by atoms with Gasteiger partial charge in [0.15, 0.2) is 6.61 Å². The highest BCUT2D eigenvalue weighted by Gasteiger charge is 2.35. The molecule has 1 fully saturated rings. The number of anilines is 2. The van der Waals surface area contributed by atoms with Crippen molar-refractivity contribution in [3.8, 4) is 5.75 Å². The van der Waals surface area contributed by atoms with Crippen molar-refractivity contribution in [3.63, 3.8) is 0 Å². The van der Waals surface area contributed by atoms with Gasteiger partial charge in [-0.3, -0.25) is 14.9 Å². The Balaban J connectivity index is 1.33. The van der Waals surface area contributed by atoms with Gasteiger partial charge in [0, 0.05) is 23.7 Å². The number of nitrogens with zero attached hydrogens (tertiary/aromatic N) is 3. The van der Waals surface area contributed by atoms with Gasteiger partial charge in [0.1, 0.15) is 5.75 Å². The van der Waals surface area contributed by atoms with Crippen LogP contribution in [0.25, 0.3) is 0 Å². The number of nitrogens with one attached hydrogen (secondary N) is 1. The van der Waals surface area contributed by atoms with Gasteiger partial charge in [0.2, 0.25) is 11.8 Å². The minimum absolute atomic E-state index is 0.0279. The zero-order valence-corrected chi connectivity index (χ0v) is 16.9. The molecule has 2 aromatic carbocycles. The van der Waals surface area contributed by atoms with Crippen LogP contribution in [0.15, 0.2) is 52.9 Å². The third kappa shape index (κ3) is 4.60. The molecule has 4 rings (SSSR count). The summed E-state index contributed by atoms with van der Waals surface area (Å²) in [6.45, 7) is 2.19. The van der Waals surface area contributed by atoms with Crippen molar-refractivity contribution in [2.75, 3.05) is 23.4 Å². The minimum Gasteiger partial charge on any atom is -0.484 e. The molecule has 0 unspecified atom stereocenters. The molecule has 2 heterocycles. The zero-order chi connectivity index (χ0) is 21.1. The Morgan fingerprint density at radius 2 is 1.93 bits per heavy atom. The van der Waals surface area contributed by atoms with Crippen LogP contribution < -0.4 is 15.0 Å².